The fourth-order valence-corrected chi connectivity index (χ4v) is 1.87. The first-order valence-corrected chi connectivity index (χ1v) is 4.33. The Bertz CT molecular complexity index is 148. The normalized spacial score (nSPS) is 33.2. The summed E-state index contributed by atoms with van der Waals surface area (Å²) >= 11 is 1.71. The zero-order chi connectivity index (χ0) is 7.45. The molecule has 1 heterocycles. The second kappa shape index (κ2) is 3.24. The maximum atomic E-state index is 8.84. The van der Waals surface area contributed by atoms with Crippen molar-refractivity contribution in [2.45, 2.75) is 5.54 Å². The summed E-state index contributed by atoms with van der Waals surface area (Å²) in [5.74, 6) is 1.73. The Hall–Kier alpha value is -0.240. The number of nitrogens with zero attached hydrogens (tertiary/aromatic N) is 1. The van der Waals surface area contributed by atoms with Gasteiger partial charge in [-0.05, 0) is 0 Å². The summed E-state index contributed by atoms with van der Waals surface area (Å²) < 4.78 is 0. The third kappa shape index (κ3) is 1.43. The third-order valence-corrected chi connectivity index (χ3v) is 2.73. The number of rotatable bonds is 1. The van der Waals surface area contributed by atoms with Crippen LogP contribution in [0, 0.1) is 11.3 Å². The van der Waals surface area contributed by atoms with Gasteiger partial charge in [0.15, 0.2) is 0 Å². The molecular weight excluding hydrogens is 148 g/mol. The molecule has 0 aromatic heterocycles. The third-order valence-electron chi connectivity index (χ3n) is 1.54. The molecule has 1 saturated heterocycles. The SMILES string of the molecule is N#CC1(CO)CSCCN1. The molecule has 0 aromatic carbocycles. The molecule has 10 heavy (non-hydrogen) atoms. The first-order chi connectivity index (χ1) is 4.83. The molecule has 2 N–H and O–H groups in total. The van der Waals surface area contributed by atoms with Gasteiger partial charge in [-0.1, -0.05) is 0 Å². The van der Waals surface area contributed by atoms with Gasteiger partial charge in [-0.2, -0.15) is 17.0 Å². The number of aliphatic hydroxyl groups is 1. The highest BCUT2D eigenvalue weighted by Crippen LogP contribution is 2.16. The molecule has 1 aliphatic rings. The number of nitriles is 1. The van der Waals surface area contributed by atoms with Crippen molar-refractivity contribution in [2.24, 2.45) is 0 Å². The van der Waals surface area contributed by atoms with E-state index in [-0.39, 0.29) is 6.61 Å². The van der Waals surface area contributed by atoms with Crippen molar-refractivity contribution in [1.82, 2.24) is 5.32 Å². The van der Waals surface area contributed by atoms with Crippen molar-refractivity contribution in [1.29, 1.82) is 5.26 Å². The lowest BCUT2D eigenvalue weighted by atomic mass is 10.1. The van der Waals surface area contributed by atoms with Crippen molar-refractivity contribution in [3.8, 4) is 6.07 Å². The fourth-order valence-electron chi connectivity index (χ4n) is 0.869. The topological polar surface area (TPSA) is 56.0 Å². The largest absolute Gasteiger partial charge is 0.393 e. The van der Waals surface area contributed by atoms with E-state index in [2.05, 4.69) is 11.4 Å². The molecule has 1 fully saturated rings. The molecule has 0 aromatic rings. The lowest BCUT2D eigenvalue weighted by Crippen LogP contribution is -2.53. The molecule has 0 aliphatic carbocycles. The van der Waals surface area contributed by atoms with E-state index in [1.54, 1.807) is 11.8 Å². The molecule has 0 radical (unpaired) electrons. The van der Waals surface area contributed by atoms with E-state index >= 15 is 0 Å². The minimum atomic E-state index is -0.664. The van der Waals surface area contributed by atoms with Gasteiger partial charge in [0.1, 0.15) is 5.54 Å². The molecular formula is C6H10N2OS. The van der Waals surface area contributed by atoms with Gasteiger partial charge in [0.25, 0.3) is 0 Å². The minimum Gasteiger partial charge on any atom is -0.393 e. The second-order valence-corrected chi connectivity index (χ2v) is 3.44. The smallest absolute Gasteiger partial charge is 0.139 e. The summed E-state index contributed by atoms with van der Waals surface area (Å²) in [4.78, 5) is 0. The molecule has 0 saturated carbocycles. The summed E-state index contributed by atoms with van der Waals surface area (Å²) in [5, 5.41) is 20.5. The molecule has 1 rings (SSSR count). The van der Waals surface area contributed by atoms with Gasteiger partial charge in [0.05, 0.1) is 12.7 Å². The zero-order valence-corrected chi connectivity index (χ0v) is 6.45. The summed E-state index contributed by atoms with van der Waals surface area (Å²) in [5.41, 5.74) is -0.664. The Morgan fingerprint density at radius 3 is 2.90 bits per heavy atom. The van der Waals surface area contributed by atoms with Crippen molar-refractivity contribution >= 4 is 11.8 Å². The lowest BCUT2D eigenvalue weighted by Gasteiger charge is -2.29. The van der Waals surface area contributed by atoms with E-state index in [1.807, 2.05) is 0 Å². The molecule has 1 aliphatic heterocycles. The van der Waals surface area contributed by atoms with E-state index in [4.69, 9.17) is 10.4 Å². The molecule has 1 atom stereocenters. The van der Waals surface area contributed by atoms with E-state index in [0.717, 1.165) is 12.3 Å². The van der Waals surface area contributed by atoms with Crippen LogP contribution in [0.1, 0.15) is 0 Å². The minimum absolute atomic E-state index is 0.0868. The predicted molar refractivity (Wildman–Crippen MR) is 40.8 cm³/mol. The molecule has 0 amide bonds. The Balaban J connectivity index is 2.55. The van der Waals surface area contributed by atoms with Crippen LogP contribution >= 0.6 is 11.8 Å². The maximum absolute atomic E-state index is 8.84. The van der Waals surface area contributed by atoms with E-state index in [9.17, 15) is 0 Å². The molecule has 56 valence electrons. The van der Waals surface area contributed by atoms with Gasteiger partial charge in [-0.15, -0.1) is 0 Å². The fraction of sp³-hybridized carbons (Fsp3) is 0.833. The van der Waals surface area contributed by atoms with Crippen LogP contribution in [0.15, 0.2) is 0 Å². The van der Waals surface area contributed by atoms with Crippen molar-refractivity contribution < 1.29 is 5.11 Å². The quantitative estimate of drug-likeness (QED) is 0.544. The highest BCUT2D eigenvalue weighted by Gasteiger charge is 2.30. The van der Waals surface area contributed by atoms with Crippen LogP contribution in [-0.4, -0.2) is 35.3 Å². The van der Waals surface area contributed by atoms with Gasteiger partial charge in [-0.25, -0.2) is 0 Å². The van der Waals surface area contributed by atoms with E-state index in [0.29, 0.717) is 5.75 Å². The van der Waals surface area contributed by atoms with Crippen LogP contribution in [0.2, 0.25) is 0 Å². The molecule has 0 bridgehead atoms. The summed E-state index contributed by atoms with van der Waals surface area (Å²) in [6.07, 6.45) is 0. The standard InChI is InChI=1S/C6H10N2OS/c7-3-6(4-9)5-10-2-1-8-6/h8-9H,1-2,4-5H2. The second-order valence-electron chi connectivity index (χ2n) is 2.33. The van der Waals surface area contributed by atoms with Gasteiger partial charge in [0, 0.05) is 18.1 Å². The van der Waals surface area contributed by atoms with Crippen LogP contribution in [0.5, 0.6) is 0 Å². The molecule has 4 heteroatoms. The predicted octanol–water partition coefficient (Wildman–Crippen LogP) is -0.423. The summed E-state index contributed by atoms with van der Waals surface area (Å²) in [6.45, 7) is 0.731. The maximum Gasteiger partial charge on any atom is 0.139 e. The van der Waals surface area contributed by atoms with Gasteiger partial charge < -0.3 is 5.11 Å². The lowest BCUT2D eigenvalue weighted by molar-refractivity contribution is 0.216. The first kappa shape index (κ1) is 7.86. The van der Waals surface area contributed by atoms with E-state index < -0.39 is 5.54 Å². The molecule has 0 spiro atoms. The summed E-state index contributed by atoms with van der Waals surface area (Å²) in [7, 11) is 0. The van der Waals surface area contributed by atoms with Crippen LogP contribution in [0.25, 0.3) is 0 Å². The monoisotopic (exact) mass is 158 g/mol. The molecule has 3 nitrogen and oxygen atoms in total. The Morgan fingerprint density at radius 1 is 1.80 bits per heavy atom. The average Bonchev–Trinajstić information content (AvgIpc) is 2.06. The highest BCUT2D eigenvalue weighted by molar-refractivity contribution is 7.99. The molecule has 1 unspecified atom stereocenters. The summed E-state index contributed by atoms with van der Waals surface area (Å²) in [6, 6.07) is 2.09. The Morgan fingerprint density at radius 2 is 2.60 bits per heavy atom. The van der Waals surface area contributed by atoms with Gasteiger partial charge >= 0.3 is 0 Å². The van der Waals surface area contributed by atoms with Crippen molar-refractivity contribution in [3.05, 3.63) is 0 Å². The number of hydrogen-bond acceptors (Lipinski definition) is 4. The average molecular weight is 158 g/mol. The number of thioether (sulfide) groups is 1. The van der Waals surface area contributed by atoms with Crippen LogP contribution < -0.4 is 5.32 Å². The van der Waals surface area contributed by atoms with Gasteiger partial charge in [-0.3, -0.25) is 5.32 Å². The van der Waals surface area contributed by atoms with Crippen LogP contribution in [-0.2, 0) is 0 Å². The Kier molecular flexibility index (Phi) is 2.55. The van der Waals surface area contributed by atoms with Gasteiger partial charge in [0.2, 0.25) is 0 Å². The zero-order valence-electron chi connectivity index (χ0n) is 5.63. The number of nitrogens with one attached hydrogen (secondary N) is 1. The van der Waals surface area contributed by atoms with Crippen LogP contribution in [0.3, 0.4) is 0 Å². The highest BCUT2D eigenvalue weighted by atomic mass is 32.2. The number of aliphatic hydroxyl groups excluding tert-OH is 1. The van der Waals surface area contributed by atoms with Crippen molar-refractivity contribution in [2.75, 3.05) is 24.7 Å². The van der Waals surface area contributed by atoms with Crippen molar-refractivity contribution in [3.63, 3.8) is 0 Å². The first-order valence-electron chi connectivity index (χ1n) is 3.18. The van der Waals surface area contributed by atoms with E-state index in [1.165, 1.54) is 0 Å². The van der Waals surface area contributed by atoms with Crippen LogP contribution in [0.4, 0.5) is 0 Å². The Labute approximate surface area is 64.4 Å². The number of hydrogen-bond donors (Lipinski definition) is 2.